The molecule has 9 heavy (non-hydrogen) atoms. The number of hydrogen-bond donors (Lipinski definition) is 1. The Bertz CT molecular complexity index is 205. The van der Waals surface area contributed by atoms with Gasteiger partial charge >= 0.3 is 0 Å². The van der Waals surface area contributed by atoms with Crippen molar-refractivity contribution in [2.75, 3.05) is 0 Å². The van der Waals surface area contributed by atoms with E-state index in [4.69, 9.17) is 5.11 Å². The average molecular weight is 124 g/mol. The Morgan fingerprint density at radius 3 is 3.11 bits per heavy atom. The maximum absolute atomic E-state index is 8.76. The third-order valence-corrected chi connectivity index (χ3v) is 0.936. The summed E-state index contributed by atoms with van der Waals surface area (Å²) in [4.78, 5) is 0. The molecule has 1 aromatic heterocycles. The normalized spacial score (nSPS) is 9.33. The van der Waals surface area contributed by atoms with Crippen LogP contribution < -0.4 is 0 Å². The maximum atomic E-state index is 8.76. The van der Waals surface area contributed by atoms with Crippen LogP contribution >= 0.6 is 0 Å². The van der Waals surface area contributed by atoms with Crippen LogP contribution in [0.4, 0.5) is 0 Å². The van der Waals surface area contributed by atoms with Gasteiger partial charge in [-0.15, -0.1) is 6.58 Å². The van der Waals surface area contributed by atoms with Crippen molar-refractivity contribution in [3.05, 3.63) is 25.0 Å². The molecular formula is C6H8N2O. The van der Waals surface area contributed by atoms with Crippen molar-refractivity contribution in [1.82, 2.24) is 9.78 Å². The first kappa shape index (κ1) is 5.88. The Kier molecular flexibility index (Phi) is 1.53. The van der Waals surface area contributed by atoms with Crippen LogP contribution in [0.15, 0.2) is 25.0 Å². The van der Waals surface area contributed by atoms with Crippen LogP contribution in [0.1, 0.15) is 0 Å². The van der Waals surface area contributed by atoms with Gasteiger partial charge in [-0.3, -0.25) is 4.68 Å². The quantitative estimate of drug-likeness (QED) is 0.591. The van der Waals surface area contributed by atoms with Crippen LogP contribution in [0.3, 0.4) is 0 Å². The first-order chi connectivity index (χ1) is 4.33. The predicted molar refractivity (Wildman–Crippen MR) is 34.1 cm³/mol. The van der Waals surface area contributed by atoms with Crippen LogP contribution in [0.5, 0.6) is 5.75 Å². The van der Waals surface area contributed by atoms with Crippen LogP contribution in [0.2, 0.25) is 0 Å². The van der Waals surface area contributed by atoms with Gasteiger partial charge in [0.1, 0.15) is 0 Å². The van der Waals surface area contributed by atoms with Crippen molar-refractivity contribution in [1.29, 1.82) is 0 Å². The topological polar surface area (TPSA) is 38.0 Å². The molecule has 3 nitrogen and oxygen atoms in total. The Morgan fingerprint density at radius 2 is 2.67 bits per heavy atom. The number of nitrogens with zero attached hydrogens (tertiary/aromatic N) is 2. The van der Waals surface area contributed by atoms with E-state index < -0.39 is 0 Å². The lowest BCUT2D eigenvalue weighted by Crippen LogP contribution is -1.93. The second-order valence-corrected chi connectivity index (χ2v) is 1.71. The van der Waals surface area contributed by atoms with Crippen molar-refractivity contribution >= 4 is 0 Å². The molecule has 0 amide bonds. The van der Waals surface area contributed by atoms with Gasteiger partial charge in [-0.05, 0) is 0 Å². The molecule has 1 rings (SSSR count). The molecule has 0 aliphatic carbocycles. The van der Waals surface area contributed by atoms with Crippen molar-refractivity contribution in [2.24, 2.45) is 0 Å². The van der Waals surface area contributed by atoms with Gasteiger partial charge in [0.15, 0.2) is 5.75 Å². The van der Waals surface area contributed by atoms with Gasteiger partial charge in [0.25, 0.3) is 0 Å². The zero-order chi connectivity index (χ0) is 6.69. The summed E-state index contributed by atoms with van der Waals surface area (Å²) in [5.41, 5.74) is 0. The first-order valence-electron chi connectivity index (χ1n) is 2.65. The molecule has 0 radical (unpaired) electrons. The van der Waals surface area contributed by atoms with Crippen molar-refractivity contribution in [3.63, 3.8) is 0 Å². The Morgan fingerprint density at radius 1 is 1.89 bits per heavy atom. The molecule has 1 N–H and O–H groups in total. The van der Waals surface area contributed by atoms with Crippen molar-refractivity contribution < 1.29 is 5.11 Å². The molecule has 0 fully saturated rings. The zero-order valence-corrected chi connectivity index (χ0v) is 4.99. The monoisotopic (exact) mass is 124 g/mol. The fraction of sp³-hybridized carbons (Fsp3) is 0.167. The third-order valence-electron chi connectivity index (χ3n) is 0.936. The largest absolute Gasteiger partial charge is 0.505 e. The Hall–Kier alpha value is -1.25. The Balaban J connectivity index is 2.72. The molecule has 0 spiro atoms. The standard InChI is InChI=1S/C6H8N2O/c1-2-3-8-5-6(9)4-7-8/h2,4-5,9H,1,3H2. The molecule has 48 valence electrons. The highest BCUT2D eigenvalue weighted by Gasteiger charge is 1.89. The highest BCUT2D eigenvalue weighted by atomic mass is 16.3. The minimum absolute atomic E-state index is 0.192. The van der Waals surface area contributed by atoms with Crippen LogP contribution in [0, 0.1) is 0 Å². The fourth-order valence-electron chi connectivity index (χ4n) is 0.585. The molecule has 0 aromatic carbocycles. The summed E-state index contributed by atoms with van der Waals surface area (Å²) in [7, 11) is 0. The minimum Gasteiger partial charge on any atom is -0.505 e. The number of aromatic nitrogens is 2. The van der Waals surface area contributed by atoms with Gasteiger partial charge in [0.2, 0.25) is 0 Å². The molecule has 0 atom stereocenters. The van der Waals surface area contributed by atoms with Gasteiger partial charge in [-0.2, -0.15) is 5.10 Å². The van der Waals surface area contributed by atoms with Crippen molar-refractivity contribution in [2.45, 2.75) is 6.54 Å². The van der Waals surface area contributed by atoms with Gasteiger partial charge in [0.05, 0.1) is 18.9 Å². The zero-order valence-electron chi connectivity index (χ0n) is 4.99. The third kappa shape index (κ3) is 1.32. The molecule has 0 bridgehead atoms. The SMILES string of the molecule is C=CCn1cc(O)cn1. The van der Waals surface area contributed by atoms with E-state index in [1.54, 1.807) is 17.0 Å². The summed E-state index contributed by atoms with van der Waals surface area (Å²) in [6.07, 6.45) is 4.65. The van der Waals surface area contributed by atoms with E-state index in [1.807, 2.05) is 0 Å². The van der Waals surface area contributed by atoms with E-state index in [-0.39, 0.29) is 5.75 Å². The van der Waals surface area contributed by atoms with E-state index >= 15 is 0 Å². The maximum Gasteiger partial charge on any atom is 0.153 e. The molecule has 3 heteroatoms. The van der Waals surface area contributed by atoms with Gasteiger partial charge in [-0.25, -0.2) is 0 Å². The smallest absolute Gasteiger partial charge is 0.153 e. The summed E-state index contributed by atoms with van der Waals surface area (Å²) in [6, 6.07) is 0. The molecule has 1 heterocycles. The number of aromatic hydroxyl groups is 1. The molecule has 0 saturated carbocycles. The lowest BCUT2D eigenvalue weighted by atomic mass is 10.6. The average Bonchev–Trinajstić information content (AvgIpc) is 2.17. The summed E-state index contributed by atoms with van der Waals surface area (Å²) >= 11 is 0. The van der Waals surface area contributed by atoms with Gasteiger partial charge in [-0.1, -0.05) is 6.08 Å². The number of rotatable bonds is 2. The predicted octanol–water partition coefficient (Wildman–Crippen LogP) is 0.775. The second-order valence-electron chi connectivity index (χ2n) is 1.71. The summed E-state index contributed by atoms with van der Waals surface area (Å²) < 4.78 is 1.60. The molecular weight excluding hydrogens is 116 g/mol. The lowest BCUT2D eigenvalue weighted by molar-refractivity contribution is 0.474. The minimum atomic E-state index is 0.192. The van der Waals surface area contributed by atoms with Crippen molar-refractivity contribution in [3.8, 4) is 5.75 Å². The fourth-order valence-corrected chi connectivity index (χ4v) is 0.585. The van der Waals surface area contributed by atoms with Crippen LogP contribution in [-0.2, 0) is 6.54 Å². The van der Waals surface area contributed by atoms with Crippen LogP contribution in [0.25, 0.3) is 0 Å². The molecule has 0 unspecified atom stereocenters. The molecule has 0 aliphatic rings. The van der Waals surface area contributed by atoms with Crippen LogP contribution in [-0.4, -0.2) is 14.9 Å². The molecule has 0 saturated heterocycles. The second kappa shape index (κ2) is 2.35. The van der Waals surface area contributed by atoms with E-state index in [0.717, 1.165) is 0 Å². The van der Waals surface area contributed by atoms with E-state index in [2.05, 4.69) is 11.7 Å². The highest BCUT2D eigenvalue weighted by molar-refractivity contribution is 5.08. The van der Waals surface area contributed by atoms with E-state index in [0.29, 0.717) is 6.54 Å². The van der Waals surface area contributed by atoms with E-state index in [1.165, 1.54) is 6.20 Å². The number of hydrogen-bond acceptors (Lipinski definition) is 2. The lowest BCUT2D eigenvalue weighted by Gasteiger charge is -1.89. The first-order valence-corrected chi connectivity index (χ1v) is 2.65. The molecule has 0 aliphatic heterocycles. The summed E-state index contributed by atoms with van der Waals surface area (Å²) in [5, 5.41) is 12.6. The Labute approximate surface area is 53.2 Å². The van der Waals surface area contributed by atoms with E-state index in [9.17, 15) is 0 Å². The van der Waals surface area contributed by atoms with Gasteiger partial charge < -0.3 is 5.11 Å². The molecule has 1 aromatic rings. The summed E-state index contributed by atoms with van der Waals surface area (Å²) in [5.74, 6) is 0.192. The number of allylic oxidation sites excluding steroid dienone is 1. The van der Waals surface area contributed by atoms with Gasteiger partial charge in [0, 0.05) is 0 Å². The summed E-state index contributed by atoms with van der Waals surface area (Å²) in [6.45, 7) is 4.16. The highest BCUT2D eigenvalue weighted by Crippen LogP contribution is 2.03.